The summed E-state index contributed by atoms with van der Waals surface area (Å²) in [5.41, 5.74) is 2.82. The Labute approximate surface area is 141 Å². The third kappa shape index (κ3) is 3.30. The zero-order chi connectivity index (χ0) is 16.9. The minimum absolute atomic E-state index is 0.0700. The van der Waals surface area contributed by atoms with E-state index in [1.807, 2.05) is 61.0 Å². The monoisotopic (exact) mass is 322 g/mol. The molecule has 124 valence electrons. The van der Waals surface area contributed by atoms with Gasteiger partial charge in [-0.3, -0.25) is 4.79 Å². The van der Waals surface area contributed by atoms with Crippen LogP contribution in [0.4, 0.5) is 0 Å². The predicted octanol–water partition coefficient (Wildman–Crippen LogP) is 2.82. The Kier molecular flexibility index (Phi) is 4.89. The van der Waals surface area contributed by atoms with E-state index in [1.54, 1.807) is 6.20 Å². The van der Waals surface area contributed by atoms with Crippen LogP contribution in [-0.4, -0.2) is 27.0 Å². The summed E-state index contributed by atoms with van der Waals surface area (Å²) in [5, 5.41) is 3.04. The molecule has 0 bridgehead atoms. The normalized spacial score (nSPS) is 12.2. The van der Waals surface area contributed by atoms with Crippen LogP contribution in [-0.2, 0) is 18.3 Å². The summed E-state index contributed by atoms with van der Waals surface area (Å²) in [6, 6.07) is 13.7. The molecule has 3 aromatic rings. The summed E-state index contributed by atoms with van der Waals surface area (Å²) in [6.07, 6.45) is 3.23. The van der Waals surface area contributed by atoms with Gasteiger partial charge in [0.1, 0.15) is 11.3 Å². The third-order valence-electron chi connectivity index (χ3n) is 4.29. The summed E-state index contributed by atoms with van der Waals surface area (Å²) in [6.45, 7) is 2.60. The largest absolute Gasteiger partial charge is 0.355 e. The summed E-state index contributed by atoms with van der Waals surface area (Å²) >= 11 is 0. The van der Waals surface area contributed by atoms with Crippen molar-refractivity contribution in [1.29, 1.82) is 0 Å². The third-order valence-corrected chi connectivity index (χ3v) is 4.29. The number of aromatic nitrogens is 3. The number of amides is 1. The molecule has 1 atom stereocenters. The van der Waals surface area contributed by atoms with E-state index in [0.29, 0.717) is 13.0 Å². The maximum Gasteiger partial charge on any atom is 0.227 e. The highest BCUT2D eigenvalue weighted by Gasteiger charge is 2.18. The number of hydrogen-bond donors (Lipinski definition) is 1. The van der Waals surface area contributed by atoms with Crippen molar-refractivity contribution < 1.29 is 4.79 Å². The highest BCUT2D eigenvalue weighted by Crippen LogP contribution is 2.19. The average molecular weight is 322 g/mol. The van der Waals surface area contributed by atoms with Crippen LogP contribution in [0.2, 0.25) is 0 Å². The Hall–Kier alpha value is -2.69. The Morgan fingerprint density at radius 3 is 2.71 bits per heavy atom. The maximum absolute atomic E-state index is 12.5. The fourth-order valence-corrected chi connectivity index (χ4v) is 2.97. The molecular weight excluding hydrogens is 300 g/mol. The van der Waals surface area contributed by atoms with E-state index in [-0.39, 0.29) is 11.8 Å². The Bertz CT molecular complexity index is 826. The highest BCUT2D eigenvalue weighted by atomic mass is 16.1. The van der Waals surface area contributed by atoms with Gasteiger partial charge in [-0.2, -0.15) is 0 Å². The number of carbonyl (C=O) groups is 1. The van der Waals surface area contributed by atoms with E-state index in [0.717, 1.165) is 29.0 Å². The number of imidazole rings is 1. The lowest BCUT2D eigenvalue weighted by Gasteiger charge is -2.15. The summed E-state index contributed by atoms with van der Waals surface area (Å²) in [4.78, 5) is 21.4. The molecule has 0 aliphatic rings. The van der Waals surface area contributed by atoms with Crippen LogP contribution < -0.4 is 5.32 Å². The number of aryl methyl sites for hydroxylation is 1. The summed E-state index contributed by atoms with van der Waals surface area (Å²) < 4.78 is 1.98. The van der Waals surface area contributed by atoms with Gasteiger partial charge in [-0.25, -0.2) is 9.97 Å². The first-order chi connectivity index (χ1) is 11.7. The van der Waals surface area contributed by atoms with Gasteiger partial charge in [0.2, 0.25) is 5.91 Å². The summed E-state index contributed by atoms with van der Waals surface area (Å²) in [7, 11) is 1.96. The van der Waals surface area contributed by atoms with Gasteiger partial charge >= 0.3 is 0 Å². The van der Waals surface area contributed by atoms with Crippen molar-refractivity contribution in [1.82, 2.24) is 19.9 Å². The van der Waals surface area contributed by atoms with Crippen molar-refractivity contribution in [3.8, 4) is 0 Å². The lowest BCUT2D eigenvalue weighted by atomic mass is 9.96. The quantitative estimate of drug-likeness (QED) is 0.759. The number of carbonyl (C=O) groups excluding carboxylic acids is 1. The number of benzene rings is 1. The predicted molar refractivity (Wildman–Crippen MR) is 94.7 cm³/mol. The molecule has 2 heterocycles. The lowest BCUT2D eigenvalue weighted by molar-refractivity contribution is -0.122. The SMILES string of the molecule is CC[C@H](C(=O)NCCc1nc2cccnc2n1C)c1ccccc1. The molecule has 5 heteroatoms. The van der Waals surface area contributed by atoms with Crippen LogP contribution in [0.1, 0.15) is 30.7 Å². The van der Waals surface area contributed by atoms with Gasteiger partial charge in [0.25, 0.3) is 0 Å². The molecule has 1 aromatic carbocycles. The number of rotatable bonds is 6. The molecule has 0 saturated carbocycles. The first-order valence-corrected chi connectivity index (χ1v) is 8.29. The van der Waals surface area contributed by atoms with Gasteiger partial charge in [-0.15, -0.1) is 0 Å². The van der Waals surface area contributed by atoms with Crippen LogP contribution in [0, 0.1) is 0 Å². The fraction of sp³-hybridized carbons (Fsp3) is 0.316. The second-order valence-corrected chi connectivity index (χ2v) is 5.85. The van der Waals surface area contributed by atoms with Crippen molar-refractivity contribution in [3.63, 3.8) is 0 Å². The molecule has 0 unspecified atom stereocenters. The van der Waals surface area contributed by atoms with Crippen LogP contribution >= 0.6 is 0 Å². The molecule has 1 amide bonds. The zero-order valence-electron chi connectivity index (χ0n) is 14.1. The minimum atomic E-state index is -0.103. The average Bonchev–Trinajstić information content (AvgIpc) is 2.93. The van der Waals surface area contributed by atoms with Gasteiger partial charge in [-0.1, -0.05) is 37.3 Å². The summed E-state index contributed by atoms with van der Waals surface area (Å²) in [5.74, 6) is 0.894. The topological polar surface area (TPSA) is 59.8 Å². The van der Waals surface area contributed by atoms with E-state index in [4.69, 9.17) is 0 Å². The molecular formula is C19H22N4O. The van der Waals surface area contributed by atoms with E-state index >= 15 is 0 Å². The standard InChI is InChI=1S/C19H22N4O/c1-3-15(14-8-5-4-6-9-14)19(24)21-13-11-17-22-16-10-7-12-20-18(16)23(17)2/h4-10,12,15H,3,11,13H2,1-2H3,(H,21,24)/t15-/m0/s1. The van der Waals surface area contributed by atoms with Gasteiger partial charge in [0, 0.05) is 26.2 Å². The lowest BCUT2D eigenvalue weighted by Crippen LogP contribution is -2.31. The fourth-order valence-electron chi connectivity index (χ4n) is 2.97. The molecule has 0 radical (unpaired) electrons. The molecule has 0 aliphatic carbocycles. The highest BCUT2D eigenvalue weighted by molar-refractivity contribution is 5.83. The van der Waals surface area contributed by atoms with Crippen LogP contribution in [0.25, 0.3) is 11.2 Å². The van der Waals surface area contributed by atoms with E-state index in [9.17, 15) is 4.79 Å². The molecule has 0 spiro atoms. The number of fused-ring (bicyclic) bond motifs is 1. The smallest absolute Gasteiger partial charge is 0.227 e. The van der Waals surface area contributed by atoms with Crippen LogP contribution in [0.15, 0.2) is 48.7 Å². The van der Waals surface area contributed by atoms with E-state index in [1.165, 1.54) is 0 Å². The second-order valence-electron chi connectivity index (χ2n) is 5.85. The van der Waals surface area contributed by atoms with Gasteiger partial charge in [-0.05, 0) is 24.1 Å². The van der Waals surface area contributed by atoms with Crippen molar-refractivity contribution in [2.75, 3.05) is 6.54 Å². The van der Waals surface area contributed by atoms with Crippen LogP contribution in [0.3, 0.4) is 0 Å². The second kappa shape index (κ2) is 7.25. The first-order valence-electron chi connectivity index (χ1n) is 8.29. The minimum Gasteiger partial charge on any atom is -0.355 e. The Morgan fingerprint density at radius 1 is 1.21 bits per heavy atom. The molecule has 5 nitrogen and oxygen atoms in total. The number of hydrogen-bond acceptors (Lipinski definition) is 3. The van der Waals surface area contributed by atoms with Gasteiger partial charge < -0.3 is 9.88 Å². The molecule has 0 fully saturated rings. The Morgan fingerprint density at radius 2 is 2.00 bits per heavy atom. The van der Waals surface area contributed by atoms with Crippen molar-refractivity contribution >= 4 is 17.1 Å². The Balaban J connectivity index is 1.62. The molecule has 1 N–H and O–H groups in total. The van der Waals surface area contributed by atoms with Gasteiger partial charge in [0.15, 0.2) is 5.65 Å². The van der Waals surface area contributed by atoms with Crippen molar-refractivity contribution in [2.24, 2.45) is 7.05 Å². The van der Waals surface area contributed by atoms with Gasteiger partial charge in [0.05, 0.1) is 5.92 Å². The van der Waals surface area contributed by atoms with Crippen LogP contribution in [0.5, 0.6) is 0 Å². The number of nitrogens with zero attached hydrogens (tertiary/aromatic N) is 3. The molecule has 0 aliphatic heterocycles. The first kappa shape index (κ1) is 16.2. The number of pyridine rings is 1. The maximum atomic E-state index is 12.5. The molecule has 2 aromatic heterocycles. The van der Waals surface area contributed by atoms with Crippen molar-refractivity contribution in [3.05, 3.63) is 60.0 Å². The van der Waals surface area contributed by atoms with E-state index < -0.39 is 0 Å². The zero-order valence-corrected chi connectivity index (χ0v) is 14.1. The van der Waals surface area contributed by atoms with Crippen molar-refractivity contribution in [2.45, 2.75) is 25.7 Å². The number of nitrogens with one attached hydrogen (secondary N) is 1. The van der Waals surface area contributed by atoms with E-state index in [2.05, 4.69) is 15.3 Å². The molecule has 24 heavy (non-hydrogen) atoms. The molecule has 0 saturated heterocycles. The molecule has 3 rings (SSSR count).